The molecule has 0 saturated carbocycles. The molecule has 0 atom stereocenters. The summed E-state index contributed by atoms with van der Waals surface area (Å²) < 4.78 is 5.68. The predicted molar refractivity (Wildman–Crippen MR) is 82.1 cm³/mol. The molecule has 0 aliphatic rings. The van der Waals surface area contributed by atoms with Crippen LogP contribution in [-0.4, -0.2) is 17.4 Å². The molecule has 4 nitrogen and oxygen atoms in total. The Hall–Kier alpha value is -2.62. The Morgan fingerprint density at radius 2 is 2.05 bits per heavy atom. The third kappa shape index (κ3) is 2.65. The number of hydrogen-bond acceptors (Lipinski definition) is 3. The number of carbonyl (C=O) groups excluding carboxylic acids is 1. The van der Waals surface area contributed by atoms with Crippen LogP contribution in [0.2, 0.25) is 0 Å². The van der Waals surface area contributed by atoms with Crippen molar-refractivity contribution in [3.63, 3.8) is 0 Å². The fourth-order valence-electron chi connectivity index (χ4n) is 2.23. The molecule has 0 saturated heterocycles. The van der Waals surface area contributed by atoms with E-state index >= 15 is 0 Å². The number of benzene rings is 1. The van der Waals surface area contributed by atoms with Crippen LogP contribution in [0.25, 0.3) is 22.2 Å². The van der Waals surface area contributed by atoms with Gasteiger partial charge in [0, 0.05) is 23.7 Å². The molecule has 3 rings (SSSR count). The van der Waals surface area contributed by atoms with Crippen molar-refractivity contribution >= 4 is 16.8 Å². The number of nitrogens with one attached hydrogen (secondary N) is 1. The van der Waals surface area contributed by atoms with E-state index in [1.807, 2.05) is 43.3 Å². The van der Waals surface area contributed by atoms with Crippen LogP contribution >= 0.6 is 0 Å². The van der Waals surface area contributed by atoms with Crippen LogP contribution in [-0.2, 0) is 0 Å². The number of furan rings is 1. The maximum Gasteiger partial charge on any atom is 0.287 e. The smallest absolute Gasteiger partial charge is 0.287 e. The van der Waals surface area contributed by atoms with E-state index in [4.69, 9.17) is 4.42 Å². The molecule has 2 aromatic heterocycles. The van der Waals surface area contributed by atoms with E-state index in [0.29, 0.717) is 18.1 Å². The standard InChI is InChI=1S/C17H16N2O2/c1-2-10-19-17(20)15-9-8-14(21-15)13-7-3-5-12-6-4-11-18-16(12)13/h3-9,11H,2,10H2,1H3,(H,19,20). The molecule has 2 heterocycles. The first-order valence-corrected chi connectivity index (χ1v) is 7.01. The summed E-state index contributed by atoms with van der Waals surface area (Å²) in [6.07, 6.45) is 2.65. The van der Waals surface area contributed by atoms with Crippen molar-refractivity contribution in [3.05, 3.63) is 54.4 Å². The molecule has 1 N–H and O–H groups in total. The Balaban J connectivity index is 1.97. The second kappa shape index (κ2) is 5.79. The molecule has 0 unspecified atom stereocenters. The van der Waals surface area contributed by atoms with Crippen molar-refractivity contribution in [2.75, 3.05) is 6.54 Å². The molecule has 3 aromatic rings. The third-order valence-electron chi connectivity index (χ3n) is 3.26. The zero-order valence-corrected chi connectivity index (χ0v) is 11.8. The number of hydrogen-bond donors (Lipinski definition) is 1. The summed E-state index contributed by atoms with van der Waals surface area (Å²) in [6, 6.07) is 13.3. The van der Waals surface area contributed by atoms with E-state index in [1.54, 1.807) is 12.3 Å². The molecule has 1 amide bonds. The van der Waals surface area contributed by atoms with E-state index in [2.05, 4.69) is 10.3 Å². The minimum Gasteiger partial charge on any atom is -0.451 e. The van der Waals surface area contributed by atoms with Crippen molar-refractivity contribution in [2.45, 2.75) is 13.3 Å². The largest absolute Gasteiger partial charge is 0.451 e. The van der Waals surface area contributed by atoms with Gasteiger partial charge in [0.15, 0.2) is 5.76 Å². The van der Waals surface area contributed by atoms with Gasteiger partial charge in [0.05, 0.1) is 5.52 Å². The fraction of sp³-hybridized carbons (Fsp3) is 0.176. The summed E-state index contributed by atoms with van der Waals surface area (Å²) in [4.78, 5) is 16.3. The van der Waals surface area contributed by atoms with Gasteiger partial charge in [-0.15, -0.1) is 0 Å². The third-order valence-corrected chi connectivity index (χ3v) is 3.26. The Morgan fingerprint density at radius 1 is 1.19 bits per heavy atom. The molecule has 0 radical (unpaired) electrons. The zero-order chi connectivity index (χ0) is 14.7. The highest BCUT2D eigenvalue weighted by molar-refractivity contribution is 5.95. The van der Waals surface area contributed by atoms with Gasteiger partial charge in [-0.05, 0) is 30.7 Å². The Kier molecular flexibility index (Phi) is 3.69. The molecule has 1 aromatic carbocycles. The summed E-state index contributed by atoms with van der Waals surface area (Å²) in [5.74, 6) is 0.795. The zero-order valence-electron chi connectivity index (χ0n) is 11.8. The molecular weight excluding hydrogens is 264 g/mol. The molecule has 0 fully saturated rings. The number of amides is 1. The maximum absolute atomic E-state index is 11.9. The van der Waals surface area contributed by atoms with Crippen LogP contribution in [0, 0.1) is 0 Å². The Morgan fingerprint density at radius 3 is 2.90 bits per heavy atom. The summed E-state index contributed by atoms with van der Waals surface area (Å²) in [5, 5.41) is 3.85. The molecule has 0 spiro atoms. The lowest BCUT2D eigenvalue weighted by atomic mass is 10.1. The molecule has 0 bridgehead atoms. The van der Waals surface area contributed by atoms with Gasteiger partial charge >= 0.3 is 0 Å². The number of pyridine rings is 1. The number of rotatable bonds is 4. The van der Waals surface area contributed by atoms with Crippen LogP contribution < -0.4 is 5.32 Å². The van der Waals surface area contributed by atoms with E-state index in [-0.39, 0.29) is 5.91 Å². The van der Waals surface area contributed by atoms with Gasteiger partial charge in [0.25, 0.3) is 5.91 Å². The van der Waals surface area contributed by atoms with Crippen molar-refractivity contribution in [1.29, 1.82) is 0 Å². The van der Waals surface area contributed by atoms with Gasteiger partial charge in [-0.2, -0.15) is 0 Å². The molecule has 21 heavy (non-hydrogen) atoms. The molecule has 0 aliphatic carbocycles. The first-order chi connectivity index (χ1) is 10.3. The quantitative estimate of drug-likeness (QED) is 0.794. The summed E-state index contributed by atoms with van der Waals surface area (Å²) >= 11 is 0. The first kappa shape index (κ1) is 13.4. The molecule has 0 aliphatic heterocycles. The average Bonchev–Trinajstić information content (AvgIpc) is 3.02. The van der Waals surface area contributed by atoms with Crippen LogP contribution in [0.15, 0.2) is 53.1 Å². The van der Waals surface area contributed by atoms with Crippen LogP contribution in [0.1, 0.15) is 23.9 Å². The lowest BCUT2D eigenvalue weighted by molar-refractivity contribution is 0.0927. The van der Waals surface area contributed by atoms with Crippen molar-refractivity contribution in [3.8, 4) is 11.3 Å². The lowest BCUT2D eigenvalue weighted by Gasteiger charge is -2.03. The number of carbonyl (C=O) groups is 1. The molecule has 106 valence electrons. The second-order valence-electron chi connectivity index (χ2n) is 4.80. The van der Waals surface area contributed by atoms with Crippen LogP contribution in [0.4, 0.5) is 0 Å². The number of fused-ring (bicyclic) bond motifs is 1. The van der Waals surface area contributed by atoms with Crippen molar-refractivity contribution in [2.24, 2.45) is 0 Å². The summed E-state index contributed by atoms with van der Waals surface area (Å²) in [5.41, 5.74) is 1.76. The SMILES string of the molecule is CCCNC(=O)c1ccc(-c2cccc3cccnc23)o1. The lowest BCUT2D eigenvalue weighted by Crippen LogP contribution is -2.23. The summed E-state index contributed by atoms with van der Waals surface area (Å²) in [6.45, 7) is 2.65. The van der Waals surface area contributed by atoms with Crippen LogP contribution in [0.5, 0.6) is 0 Å². The fourth-order valence-corrected chi connectivity index (χ4v) is 2.23. The Labute approximate surface area is 122 Å². The summed E-state index contributed by atoms with van der Waals surface area (Å²) in [7, 11) is 0. The van der Waals surface area contributed by atoms with Gasteiger partial charge < -0.3 is 9.73 Å². The maximum atomic E-state index is 11.9. The average molecular weight is 280 g/mol. The van der Waals surface area contributed by atoms with Gasteiger partial charge in [0.2, 0.25) is 0 Å². The van der Waals surface area contributed by atoms with E-state index < -0.39 is 0 Å². The second-order valence-corrected chi connectivity index (χ2v) is 4.80. The first-order valence-electron chi connectivity index (χ1n) is 7.01. The topological polar surface area (TPSA) is 55.1 Å². The number of aromatic nitrogens is 1. The van der Waals surface area contributed by atoms with E-state index in [9.17, 15) is 4.79 Å². The van der Waals surface area contributed by atoms with Gasteiger partial charge in [-0.25, -0.2) is 0 Å². The van der Waals surface area contributed by atoms with Gasteiger partial charge in [0.1, 0.15) is 5.76 Å². The monoisotopic (exact) mass is 280 g/mol. The van der Waals surface area contributed by atoms with Crippen molar-refractivity contribution in [1.82, 2.24) is 10.3 Å². The normalized spacial score (nSPS) is 10.7. The van der Waals surface area contributed by atoms with E-state index in [1.165, 1.54) is 0 Å². The van der Waals surface area contributed by atoms with Crippen LogP contribution in [0.3, 0.4) is 0 Å². The van der Waals surface area contributed by atoms with Gasteiger partial charge in [-0.3, -0.25) is 9.78 Å². The van der Waals surface area contributed by atoms with Crippen molar-refractivity contribution < 1.29 is 9.21 Å². The minimum atomic E-state index is -0.184. The predicted octanol–water partition coefficient (Wildman–Crippen LogP) is 3.63. The molecular formula is C17H16N2O2. The molecule has 4 heteroatoms. The highest BCUT2D eigenvalue weighted by Crippen LogP contribution is 2.28. The highest BCUT2D eigenvalue weighted by atomic mass is 16.3. The van der Waals surface area contributed by atoms with E-state index in [0.717, 1.165) is 22.9 Å². The Bertz CT molecular complexity index is 772. The number of nitrogens with zero attached hydrogens (tertiary/aromatic N) is 1. The number of para-hydroxylation sites is 1. The highest BCUT2D eigenvalue weighted by Gasteiger charge is 2.13. The minimum absolute atomic E-state index is 0.184. The van der Waals surface area contributed by atoms with Gasteiger partial charge in [-0.1, -0.05) is 25.1 Å².